The molecule has 2 heteroatoms. The predicted octanol–water partition coefficient (Wildman–Crippen LogP) is 4.07. The minimum Gasteiger partial charge on any atom is -0.313 e. The molecule has 0 radical (unpaired) electrons. The molecule has 0 saturated carbocycles. The van der Waals surface area contributed by atoms with Crippen molar-refractivity contribution in [1.29, 1.82) is 0 Å². The fourth-order valence-electron chi connectivity index (χ4n) is 3.08. The summed E-state index contributed by atoms with van der Waals surface area (Å²) >= 11 is 0. The summed E-state index contributed by atoms with van der Waals surface area (Å²) in [4.78, 5) is 4.60. The van der Waals surface area contributed by atoms with Gasteiger partial charge in [-0.3, -0.25) is 4.98 Å². The minimum atomic E-state index is 0.311. The van der Waals surface area contributed by atoms with Gasteiger partial charge in [0.05, 0.1) is 0 Å². The Labute approximate surface area is 128 Å². The van der Waals surface area contributed by atoms with Crippen LogP contribution in [0.3, 0.4) is 0 Å². The van der Waals surface area contributed by atoms with Gasteiger partial charge in [0, 0.05) is 24.4 Å². The number of nitrogens with one attached hydrogen (secondary N) is 1. The summed E-state index contributed by atoms with van der Waals surface area (Å²) in [5.74, 6) is 0. The van der Waals surface area contributed by atoms with Crippen molar-refractivity contribution < 1.29 is 0 Å². The fraction of sp³-hybridized carbons (Fsp3) is 0.421. The standard InChI is InChI=1S/C19H26N2/c1-6-16-7-8-17(21-12-16)11-18(20-5)19-14(3)9-13(2)10-15(19)4/h7-10,12,18,20H,6,11H2,1-5H3. The van der Waals surface area contributed by atoms with Gasteiger partial charge in [0.2, 0.25) is 0 Å². The maximum Gasteiger partial charge on any atom is 0.0422 e. The number of pyridine rings is 1. The number of benzene rings is 1. The Morgan fingerprint density at radius 1 is 1.10 bits per heavy atom. The summed E-state index contributed by atoms with van der Waals surface area (Å²) in [6, 6.07) is 9.18. The zero-order valence-corrected chi connectivity index (χ0v) is 13.8. The van der Waals surface area contributed by atoms with Crippen molar-refractivity contribution in [1.82, 2.24) is 10.3 Å². The van der Waals surface area contributed by atoms with Gasteiger partial charge < -0.3 is 5.32 Å². The molecule has 1 aromatic heterocycles. The third kappa shape index (κ3) is 3.70. The van der Waals surface area contributed by atoms with Gasteiger partial charge in [-0.15, -0.1) is 0 Å². The summed E-state index contributed by atoms with van der Waals surface area (Å²) < 4.78 is 0. The first-order chi connectivity index (χ1) is 10.0. The van der Waals surface area contributed by atoms with E-state index in [-0.39, 0.29) is 0 Å². The van der Waals surface area contributed by atoms with Crippen molar-refractivity contribution in [2.24, 2.45) is 0 Å². The molecule has 0 spiro atoms. The van der Waals surface area contributed by atoms with Crippen LogP contribution in [0.25, 0.3) is 0 Å². The number of aromatic nitrogens is 1. The molecule has 0 aliphatic rings. The number of hydrogen-bond acceptors (Lipinski definition) is 2. The van der Waals surface area contributed by atoms with Crippen LogP contribution in [-0.2, 0) is 12.8 Å². The lowest BCUT2D eigenvalue weighted by Crippen LogP contribution is -2.21. The molecule has 0 aliphatic carbocycles. The van der Waals surface area contributed by atoms with Gasteiger partial charge in [-0.1, -0.05) is 30.7 Å². The second-order valence-corrected chi connectivity index (χ2v) is 5.87. The first kappa shape index (κ1) is 15.7. The highest BCUT2D eigenvalue weighted by molar-refractivity contribution is 5.40. The Bertz CT molecular complexity index is 576. The van der Waals surface area contributed by atoms with Crippen molar-refractivity contribution in [3.8, 4) is 0 Å². The molecule has 2 aromatic rings. The quantitative estimate of drug-likeness (QED) is 0.894. The third-order valence-electron chi connectivity index (χ3n) is 4.14. The van der Waals surface area contributed by atoms with Crippen molar-refractivity contribution in [2.45, 2.75) is 46.6 Å². The molecule has 1 heterocycles. The highest BCUT2D eigenvalue weighted by atomic mass is 14.9. The van der Waals surface area contributed by atoms with Gasteiger partial charge in [0.15, 0.2) is 0 Å². The molecule has 21 heavy (non-hydrogen) atoms. The van der Waals surface area contributed by atoms with Gasteiger partial charge >= 0.3 is 0 Å². The highest BCUT2D eigenvalue weighted by Crippen LogP contribution is 2.25. The third-order valence-corrected chi connectivity index (χ3v) is 4.14. The smallest absolute Gasteiger partial charge is 0.0422 e. The Balaban J connectivity index is 2.27. The van der Waals surface area contributed by atoms with Crippen LogP contribution in [0.2, 0.25) is 0 Å². The molecule has 0 bridgehead atoms. The predicted molar refractivity (Wildman–Crippen MR) is 89.8 cm³/mol. The van der Waals surface area contributed by atoms with Gasteiger partial charge in [0.1, 0.15) is 0 Å². The molecule has 1 N–H and O–H groups in total. The maximum atomic E-state index is 4.60. The second kappa shape index (κ2) is 6.86. The molecule has 1 unspecified atom stereocenters. The first-order valence-electron chi connectivity index (χ1n) is 7.74. The van der Waals surface area contributed by atoms with Crippen LogP contribution in [0.1, 0.15) is 46.5 Å². The summed E-state index contributed by atoms with van der Waals surface area (Å²) in [6.45, 7) is 8.72. The zero-order chi connectivity index (χ0) is 15.4. The van der Waals surface area contributed by atoms with E-state index in [1.165, 1.54) is 27.8 Å². The molecule has 0 amide bonds. The van der Waals surface area contributed by atoms with Gasteiger partial charge in [-0.2, -0.15) is 0 Å². The van der Waals surface area contributed by atoms with E-state index in [2.05, 4.69) is 62.3 Å². The van der Waals surface area contributed by atoms with Crippen LogP contribution in [0.15, 0.2) is 30.5 Å². The van der Waals surface area contributed by atoms with Crippen molar-refractivity contribution in [3.05, 3.63) is 64.0 Å². The van der Waals surface area contributed by atoms with Crippen LogP contribution in [0.4, 0.5) is 0 Å². The Kier molecular flexibility index (Phi) is 5.13. The fourth-order valence-corrected chi connectivity index (χ4v) is 3.08. The van der Waals surface area contributed by atoms with E-state index < -0.39 is 0 Å². The van der Waals surface area contributed by atoms with E-state index >= 15 is 0 Å². The van der Waals surface area contributed by atoms with E-state index in [1.807, 2.05) is 13.2 Å². The lowest BCUT2D eigenvalue weighted by molar-refractivity contribution is 0.578. The summed E-state index contributed by atoms with van der Waals surface area (Å²) in [7, 11) is 2.03. The SMILES string of the molecule is CCc1ccc(CC(NC)c2c(C)cc(C)cc2C)nc1. The van der Waals surface area contributed by atoms with E-state index in [4.69, 9.17) is 0 Å². The van der Waals surface area contributed by atoms with Crippen LogP contribution in [0, 0.1) is 20.8 Å². The molecule has 112 valence electrons. The lowest BCUT2D eigenvalue weighted by Gasteiger charge is -2.21. The zero-order valence-electron chi connectivity index (χ0n) is 13.8. The van der Waals surface area contributed by atoms with Gasteiger partial charge in [0.25, 0.3) is 0 Å². The van der Waals surface area contributed by atoms with Crippen LogP contribution < -0.4 is 5.32 Å². The average molecular weight is 282 g/mol. The van der Waals surface area contributed by atoms with Crippen LogP contribution >= 0.6 is 0 Å². The number of hydrogen-bond donors (Lipinski definition) is 1. The molecule has 0 fully saturated rings. The average Bonchev–Trinajstić information content (AvgIpc) is 2.45. The molecule has 1 atom stereocenters. The van der Waals surface area contributed by atoms with Crippen LogP contribution in [-0.4, -0.2) is 12.0 Å². The molecule has 0 saturated heterocycles. The van der Waals surface area contributed by atoms with Crippen molar-refractivity contribution >= 4 is 0 Å². The van der Waals surface area contributed by atoms with E-state index in [0.29, 0.717) is 6.04 Å². The number of nitrogens with zero attached hydrogens (tertiary/aromatic N) is 1. The molecular weight excluding hydrogens is 256 g/mol. The Hall–Kier alpha value is -1.67. The van der Waals surface area contributed by atoms with E-state index in [0.717, 1.165) is 18.5 Å². The normalized spacial score (nSPS) is 12.4. The number of likely N-dealkylation sites (N-methyl/N-ethyl adjacent to an activating group) is 1. The minimum absolute atomic E-state index is 0.311. The highest BCUT2D eigenvalue weighted by Gasteiger charge is 2.16. The van der Waals surface area contributed by atoms with Crippen molar-refractivity contribution in [2.75, 3.05) is 7.05 Å². The Morgan fingerprint density at radius 2 is 1.76 bits per heavy atom. The maximum absolute atomic E-state index is 4.60. The molecule has 0 aliphatic heterocycles. The largest absolute Gasteiger partial charge is 0.313 e. The first-order valence-corrected chi connectivity index (χ1v) is 7.74. The molecular formula is C19H26N2. The number of aryl methyl sites for hydroxylation is 4. The van der Waals surface area contributed by atoms with Gasteiger partial charge in [-0.25, -0.2) is 0 Å². The van der Waals surface area contributed by atoms with E-state index in [9.17, 15) is 0 Å². The molecule has 2 nitrogen and oxygen atoms in total. The summed E-state index contributed by atoms with van der Waals surface area (Å²) in [5, 5.41) is 3.46. The van der Waals surface area contributed by atoms with Crippen molar-refractivity contribution in [3.63, 3.8) is 0 Å². The number of rotatable bonds is 5. The van der Waals surface area contributed by atoms with E-state index in [1.54, 1.807) is 0 Å². The molecule has 1 aromatic carbocycles. The topological polar surface area (TPSA) is 24.9 Å². The van der Waals surface area contributed by atoms with Gasteiger partial charge in [-0.05, 0) is 62.6 Å². The summed E-state index contributed by atoms with van der Waals surface area (Å²) in [5.41, 5.74) is 7.89. The summed E-state index contributed by atoms with van der Waals surface area (Å²) in [6.07, 6.45) is 3.96. The monoisotopic (exact) mass is 282 g/mol. The van der Waals surface area contributed by atoms with Crippen LogP contribution in [0.5, 0.6) is 0 Å². The molecule has 2 rings (SSSR count). The second-order valence-electron chi connectivity index (χ2n) is 5.87. The lowest BCUT2D eigenvalue weighted by atomic mass is 9.91. The Morgan fingerprint density at radius 3 is 2.24 bits per heavy atom.